The summed E-state index contributed by atoms with van der Waals surface area (Å²) in [6.45, 7) is 6.45. The molecular weight excluding hydrogens is 465 g/mol. The second-order valence-corrected chi connectivity index (χ2v) is 9.86. The summed E-state index contributed by atoms with van der Waals surface area (Å²) in [5.41, 5.74) is 0.897. The van der Waals surface area contributed by atoms with Gasteiger partial charge in [0.1, 0.15) is 5.82 Å². The van der Waals surface area contributed by atoms with Crippen LogP contribution in [0, 0.1) is 11.7 Å². The predicted molar refractivity (Wildman–Crippen MR) is 130 cm³/mol. The van der Waals surface area contributed by atoms with Crippen LogP contribution in [0.5, 0.6) is 0 Å². The van der Waals surface area contributed by atoms with Gasteiger partial charge in [-0.05, 0) is 49.6 Å². The van der Waals surface area contributed by atoms with Crippen molar-refractivity contribution >= 4 is 51.6 Å². The van der Waals surface area contributed by atoms with E-state index < -0.39 is 11.1 Å². The van der Waals surface area contributed by atoms with Crippen LogP contribution < -0.4 is 10.9 Å². The normalized spacial score (nSPS) is 12.5. The highest BCUT2D eigenvalue weighted by Gasteiger charge is 2.22. The van der Waals surface area contributed by atoms with Crippen LogP contribution in [0.25, 0.3) is 16.7 Å². The van der Waals surface area contributed by atoms with E-state index in [0.29, 0.717) is 40.0 Å². The van der Waals surface area contributed by atoms with E-state index in [1.807, 2.05) is 22.6 Å². The van der Waals surface area contributed by atoms with E-state index in [1.54, 1.807) is 17.6 Å². The van der Waals surface area contributed by atoms with Crippen LogP contribution in [0.15, 0.2) is 52.4 Å². The lowest BCUT2D eigenvalue weighted by atomic mass is 10.1. The average Bonchev–Trinajstić information content (AvgIpc) is 3.18. The molecule has 0 saturated heterocycles. The van der Waals surface area contributed by atoms with Gasteiger partial charge in [-0.3, -0.25) is 18.6 Å². The molecular formula is C23H23ClFN5O2S. The molecule has 2 heterocycles. The Labute approximate surface area is 199 Å². The summed E-state index contributed by atoms with van der Waals surface area (Å²) in [5, 5.41) is 11.9. The first-order valence-electron chi connectivity index (χ1n) is 10.6. The van der Waals surface area contributed by atoms with Crippen molar-refractivity contribution in [1.29, 1.82) is 0 Å². The molecule has 2 aromatic heterocycles. The van der Waals surface area contributed by atoms with Crippen molar-refractivity contribution in [3.05, 3.63) is 63.7 Å². The topological polar surface area (TPSA) is 81.3 Å². The monoisotopic (exact) mass is 487 g/mol. The van der Waals surface area contributed by atoms with E-state index in [2.05, 4.69) is 29.4 Å². The molecule has 0 radical (unpaired) electrons. The molecule has 2 aromatic carbocycles. The highest BCUT2D eigenvalue weighted by molar-refractivity contribution is 8.00. The molecule has 1 unspecified atom stereocenters. The van der Waals surface area contributed by atoms with Crippen LogP contribution in [0.2, 0.25) is 5.02 Å². The number of benzene rings is 2. The van der Waals surface area contributed by atoms with Gasteiger partial charge in [0.2, 0.25) is 11.7 Å². The maximum atomic E-state index is 13.3. The van der Waals surface area contributed by atoms with Gasteiger partial charge in [-0.2, -0.15) is 0 Å². The summed E-state index contributed by atoms with van der Waals surface area (Å²) in [5.74, 6) is 0.0617. The third-order valence-electron chi connectivity index (χ3n) is 5.25. The zero-order valence-corrected chi connectivity index (χ0v) is 20.0. The molecule has 1 N–H and O–H groups in total. The Morgan fingerprint density at radius 3 is 2.67 bits per heavy atom. The van der Waals surface area contributed by atoms with Gasteiger partial charge in [0, 0.05) is 6.54 Å². The number of nitrogens with zero attached hydrogens (tertiary/aromatic N) is 4. The van der Waals surface area contributed by atoms with Crippen molar-refractivity contribution in [3.8, 4) is 0 Å². The minimum atomic E-state index is -0.562. The fourth-order valence-corrected chi connectivity index (χ4v) is 4.51. The largest absolute Gasteiger partial charge is 0.324 e. The minimum Gasteiger partial charge on any atom is -0.324 e. The predicted octanol–water partition coefficient (Wildman–Crippen LogP) is 5.00. The van der Waals surface area contributed by atoms with E-state index >= 15 is 0 Å². The second kappa shape index (κ2) is 9.52. The van der Waals surface area contributed by atoms with Gasteiger partial charge in [0.05, 0.1) is 26.9 Å². The Balaban J connectivity index is 1.69. The van der Waals surface area contributed by atoms with Crippen LogP contribution >= 0.6 is 23.4 Å². The first kappa shape index (κ1) is 23.3. The standard InChI is InChI=1S/C23H23ClFN5O2S/c1-13(2)10-11-29-21(32)16-6-4-5-7-19(16)30-22(29)27-28-23(30)33-14(3)20(31)26-18-9-8-15(25)12-17(18)24/h4-9,12-14H,10-11H2,1-3H3,(H,26,31). The fraction of sp³-hybridized carbons (Fsp3) is 0.304. The highest BCUT2D eigenvalue weighted by atomic mass is 35.5. The number of nitrogens with one attached hydrogen (secondary N) is 1. The lowest BCUT2D eigenvalue weighted by Gasteiger charge is -2.14. The first-order valence-corrected chi connectivity index (χ1v) is 11.8. The van der Waals surface area contributed by atoms with Gasteiger partial charge >= 0.3 is 0 Å². The smallest absolute Gasteiger partial charge is 0.262 e. The van der Waals surface area contributed by atoms with Gasteiger partial charge in [0.15, 0.2) is 5.16 Å². The van der Waals surface area contributed by atoms with E-state index in [-0.39, 0.29) is 16.5 Å². The average molecular weight is 488 g/mol. The first-order chi connectivity index (χ1) is 15.8. The Hall–Kier alpha value is -2.91. The molecule has 4 aromatic rings. The Bertz CT molecular complexity index is 1400. The second-order valence-electron chi connectivity index (χ2n) is 8.15. The number of carbonyl (C=O) groups excluding carboxylic acids is 1. The quantitative estimate of drug-likeness (QED) is 0.371. The third kappa shape index (κ3) is 4.74. The van der Waals surface area contributed by atoms with Gasteiger partial charge in [-0.25, -0.2) is 4.39 Å². The third-order valence-corrected chi connectivity index (χ3v) is 6.60. The number of aromatic nitrogens is 4. The van der Waals surface area contributed by atoms with Gasteiger partial charge < -0.3 is 5.32 Å². The summed E-state index contributed by atoms with van der Waals surface area (Å²) in [7, 11) is 0. The van der Waals surface area contributed by atoms with Crippen molar-refractivity contribution < 1.29 is 9.18 Å². The number of halogens is 2. The number of anilines is 1. The lowest BCUT2D eigenvalue weighted by Crippen LogP contribution is -2.25. The molecule has 0 aliphatic heterocycles. The van der Waals surface area contributed by atoms with Crippen LogP contribution in [-0.4, -0.2) is 30.3 Å². The van der Waals surface area contributed by atoms with Gasteiger partial charge in [0.25, 0.3) is 5.56 Å². The highest BCUT2D eigenvalue weighted by Crippen LogP contribution is 2.28. The number of amides is 1. The van der Waals surface area contributed by atoms with E-state index in [4.69, 9.17) is 11.6 Å². The van der Waals surface area contributed by atoms with Crippen molar-refractivity contribution in [2.45, 2.75) is 44.1 Å². The Kier molecular flexibility index (Phi) is 6.71. The van der Waals surface area contributed by atoms with Gasteiger partial charge in [-0.15, -0.1) is 10.2 Å². The van der Waals surface area contributed by atoms with Crippen LogP contribution in [0.1, 0.15) is 27.2 Å². The molecule has 0 bridgehead atoms. The molecule has 1 atom stereocenters. The molecule has 0 aliphatic rings. The number of para-hydroxylation sites is 1. The van der Waals surface area contributed by atoms with Crippen LogP contribution in [0.3, 0.4) is 0 Å². The lowest BCUT2D eigenvalue weighted by molar-refractivity contribution is -0.115. The van der Waals surface area contributed by atoms with Crippen molar-refractivity contribution in [2.24, 2.45) is 5.92 Å². The number of hydrogen-bond acceptors (Lipinski definition) is 5. The number of hydrogen-bond donors (Lipinski definition) is 1. The Morgan fingerprint density at radius 2 is 1.94 bits per heavy atom. The van der Waals surface area contributed by atoms with Gasteiger partial charge in [-0.1, -0.05) is 49.3 Å². The summed E-state index contributed by atoms with van der Waals surface area (Å²) >= 11 is 7.24. The zero-order chi connectivity index (χ0) is 23.7. The molecule has 0 aliphatic carbocycles. The molecule has 1 amide bonds. The summed E-state index contributed by atoms with van der Waals surface area (Å²) in [6, 6.07) is 11.1. The number of carbonyl (C=O) groups is 1. The van der Waals surface area contributed by atoms with Crippen LogP contribution in [0.4, 0.5) is 10.1 Å². The van der Waals surface area contributed by atoms with Crippen molar-refractivity contribution in [3.63, 3.8) is 0 Å². The molecule has 172 valence electrons. The molecule has 7 nitrogen and oxygen atoms in total. The zero-order valence-electron chi connectivity index (χ0n) is 18.4. The summed E-state index contributed by atoms with van der Waals surface area (Å²) in [4.78, 5) is 25.9. The molecule has 0 spiro atoms. The molecule has 10 heteroatoms. The van der Waals surface area contributed by atoms with E-state index in [1.165, 1.54) is 23.9 Å². The van der Waals surface area contributed by atoms with Crippen molar-refractivity contribution in [1.82, 2.24) is 19.2 Å². The number of fused-ring (bicyclic) bond motifs is 3. The maximum absolute atomic E-state index is 13.3. The fourth-order valence-electron chi connectivity index (χ4n) is 3.44. The number of thioether (sulfide) groups is 1. The molecule has 4 rings (SSSR count). The minimum absolute atomic E-state index is 0.112. The van der Waals surface area contributed by atoms with E-state index in [9.17, 15) is 14.0 Å². The maximum Gasteiger partial charge on any atom is 0.262 e. The van der Waals surface area contributed by atoms with Crippen LogP contribution in [-0.2, 0) is 11.3 Å². The number of aryl methyl sites for hydroxylation is 1. The molecule has 0 saturated carbocycles. The SMILES string of the molecule is CC(C)CCn1c(=O)c2ccccc2n2c(SC(C)C(=O)Nc3ccc(F)cc3Cl)nnc12. The van der Waals surface area contributed by atoms with E-state index in [0.717, 1.165) is 12.5 Å². The number of rotatable bonds is 7. The summed E-state index contributed by atoms with van der Waals surface area (Å²) < 4.78 is 16.7. The molecule has 33 heavy (non-hydrogen) atoms. The molecule has 0 fully saturated rings. The Morgan fingerprint density at radius 1 is 1.18 bits per heavy atom. The summed E-state index contributed by atoms with van der Waals surface area (Å²) in [6.07, 6.45) is 0.820. The van der Waals surface area contributed by atoms with Crippen molar-refractivity contribution in [2.75, 3.05) is 5.32 Å².